The average Bonchev–Trinajstić information content (AvgIpc) is 2.99. The number of methoxy groups -OCH3 is 1. The minimum Gasteiger partial charge on any atom is -0.494 e. The van der Waals surface area contributed by atoms with Crippen molar-refractivity contribution in [3.8, 4) is 5.75 Å². The number of carbonyl (C=O) groups excluding carboxylic acids is 1. The van der Waals surface area contributed by atoms with Gasteiger partial charge in [0.05, 0.1) is 25.1 Å². The summed E-state index contributed by atoms with van der Waals surface area (Å²) in [4.78, 5) is 17.9. The number of rotatable bonds is 5. The van der Waals surface area contributed by atoms with E-state index >= 15 is 0 Å². The van der Waals surface area contributed by atoms with E-state index in [1.165, 1.54) is 6.20 Å². The molecule has 0 saturated carbocycles. The quantitative estimate of drug-likeness (QED) is 0.690. The Morgan fingerprint density at radius 2 is 2.17 bits per heavy atom. The SMILES string of the molecule is CCOC(=O)c1cnc2c(OC)cccc2c1Nc1ccsc1C. The normalized spacial score (nSPS) is 10.6. The largest absolute Gasteiger partial charge is 0.494 e. The minimum absolute atomic E-state index is 0.311. The van der Waals surface area contributed by atoms with Crippen LogP contribution >= 0.6 is 11.3 Å². The minimum atomic E-state index is -0.398. The molecule has 0 aliphatic rings. The molecule has 0 aliphatic carbocycles. The summed E-state index contributed by atoms with van der Waals surface area (Å²) in [5.74, 6) is 0.262. The number of esters is 1. The number of nitrogens with zero attached hydrogens (tertiary/aromatic N) is 1. The van der Waals surface area contributed by atoms with Crippen LogP contribution in [0.15, 0.2) is 35.8 Å². The number of fused-ring (bicyclic) bond motifs is 1. The van der Waals surface area contributed by atoms with E-state index in [0.717, 1.165) is 16.0 Å². The Morgan fingerprint density at radius 1 is 1.33 bits per heavy atom. The molecular weight excluding hydrogens is 324 g/mol. The van der Waals surface area contributed by atoms with Crippen molar-refractivity contribution >= 4 is 39.6 Å². The first-order chi connectivity index (χ1) is 11.7. The van der Waals surface area contributed by atoms with Crippen molar-refractivity contribution in [1.29, 1.82) is 0 Å². The summed E-state index contributed by atoms with van der Waals surface area (Å²) in [6.45, 7) is 4.12. The van der Waals surface area contributed by atoms with Crippen LogP contribution in [0.4, 0.5) is 11.4 Å². The topological polar surface area (TPSA) is 60.5 Å². The number of ether oxygens (including phenoxy) is 2. The molecule has 0 radical (unpaired) electrons. The smallest absolute Gasteiger partial charge is 0.341 e. The third-order valence-corrected chi connectivity index (χ3v) is 4.54. The average molecular weight is 342 g/mol. The molecule has 2 heterocycles. The highest BCUT2D eigenvalue weighted by Gasteiger charge is 2.19. The second-order valence-corrected chi connectivity index (χ2v) is 6.26. The number of nitrogens with one attached hydrogen (secondary N) is 1. The molecule has 0 spiro atoms. The first kappa shape index (κ1) is 16.3. The number of anilines is 2. The Labute approximate surface area is 144 Å². The van der Waals surface area contributed by atoms with E-state index in [1.807, 2.05) is 36.6 Å². The van der Waals surface area contributed by atoms with E-state index in [0.29, 0.717) is 29.1 Å². The molecule has 124 valence electrons. The van der Waals surface area contributed by atoms with Gasteiger partial charge in [-0.3, -0.25) is 4.98 Å². The van der Waals surface area contributed by atoms with Crippen molar-refractivity contribution in [1.82, 2.24) is 4.98 Å². The summed E-state index contributed by atoms with van der Waals surface area (Å²) in [7, 11) is 1.60. The van der Waals surface area contributed by atoms with Crippen molar-refractivity contribution < 1.29 is 14.3 Å². The molecule has 1 N–H and O–H groups in total. The zero-order valence-electron chi connectivity index (χ0n) is 13.8. The van der Waals surface area contributed by atoms with Crippen LogP contribution in [0.2, 0.25) is 0 Å². The number of hydrogen-bond acceptors (Lipinski definition) is 6. The predicted molar refractivity (Wildman–Crippen MR) is 96.6 cm³/mol. The molecule has 0 fully saturated rings. The van der Waals surface area contributed by atoms with E-state index in [-0.39, 0.29) is 0 Å². The maximum Gasteiger partial charge on any atom is 0.341 e. The number of para-hydroxylation sites is 1. The molecule has 0 unspecified atom stereocenters. The summed E-state index contributed by atoms with van der Waals surface area (Å²) >= 11 is 1.64. The van der Waals surface area contributed by atoms with Gasteiger partial charge in [-0.2, -0.15) is 0 Å². The van der Waals surface area contributed by atoms with Gasteiger partial charge in [0.1, 0.15) is 16.8 Å². The van der Waals surface area contributed by atoms with Crippen LogP contribution in [-0.4, -0.2) is 24.7 Å². The van der Waals surface area contributed by atoms with Gasteiger partial charge < -0.3 is 14.8 Å². The zero-order chi connectivity index (χ0) is 17.1. The lowest BCUT2D eigenvalue weighted by molar-refractivity contribution is 0.0527. The first-order valence-corrected chi connectivity index (χ1v) is 8.47. The summed E-state index contributed by atoms with van der Waals surface area (Å²) in [5.41, 5.74) is 2.74. The van der Waals surface area contributed by atoms with E-state index in [2.05, 4.69) is 10.3 Å². The maximum absolute atomic E-state index is 12.3. The highest BCUT2D eigenvalue weighted by atomic mass is 32.1. The number of benzene rings is 1. The first-order valence-electron chi connectivity index (χ1n) is 7.59. The van der Waals surface area contributed by atoms with Gasteiger partial charge in [-0.05, 0) is 31.4 Å². The zero-order valence-corrected chi connectivity index (χ0v) is 14.6. The van der Waals surface area contributed by atoms with Crippen molar-refractivity contribution in [3.05, 3.63) is 46.3 Å². The van der Waals surface area contributed by atoms with E-state index < -0.39 is 5.97 Å². The van der Waals surface area contributed by atoms with Crippen molar-refractivity contribution in [2.45, 2.75) is 13.8 Å². The molecule has 1 aromatic carbocycles. The van der Waals surface area contributed by atoms with Gasteiger partial charge in [-0.1, -0.05) is 12.1 Å². The molecule has 3 aromatic rings. The fourth-order valence-corrected chi connectivity index (χ4v) is 3.16. The number of aromatic nitrogens is 1. The Balaban J connectivity index is 2.21. The van der Waals surface area contributed by atoms with Crippen molar-refractivity contribution in [3.63, 3.8) is 0 Å². The van der Waals surface area contributed by atoms with E-state index in [9.17, 15) is 4.79 Å². The second kappa shape index (κ2) is 6.88. The third-order valence-electron chi connectivity index (χ3n) is 3.69. The van der Waals surface area contributed by atoms with E-state index in [4.69, 9.17) is 9.47 Å². The number of hydrogen-bond donors (Lipinski definition) is 1. The number of aryl methyl sites for hydroxylation is 1. The maximum atomic E-state index is 12.3. The summed E-state index contributed by atoms with van der Waals surface area (Å²) in [6, 6.07) is 7.63. The van der Waals surface area contributed by atoms with Gasteiger partial charge in [0.2, 0.25) is 0 Å². The fraction of sp³-hybridized carbons (Fsp3) is 0.222. The van der Waals surface area contributed by atoms with E-state index in [1.54, 1.807) is 25.4 Å². The summed E-state index contributed by atoms with van der Waals surface area (Å²) in [5, 5.41) is 6.18. The highest BCUT2D eigenvalue weighted by Crippen LogP contribution is 2.35. The van der Waals surface area contributed by atoms with Crippen LogP contribution in [0.25, 0.3) is 10.9 Å². The molecule has 3 rings (SSSR count). The van der Waals surface area contributed by atoms with Crippen LogP contribution in [0.5, 0.6) is 5.75 Å². The lowest BCUT2D eigenvalue weighted by Gasteiger charge is -2.15. The Bertz CT molecular complexity index is 889. The van der Waals surface area contributed by atoms with Crippen LogP contribution in [0.1, 0.15) is 22.2 Å². The molecule has 6 heteroatoms. The summed E-state index contributed by atoms with van der Waals surface area (Å²) in [6.07, 6.45) is 1.53. The lowest BCUT2D eigenvalue weighted by Crippen LogP contribution is -2.09. The second-order valence-electron chi connectivity index (χ2n) is 5.14. The van der Waals surface area contributed by atoms with Crippen molar-refractivity contribution in [2.75, 3.05) is 19.0 Å². The molecule has 0 atom stereocenters. The number of carbonyl (C=O) groups is 1. The third kappa shape index (κ3) is 2.92. The van der Waals surface area contributed by atoms with Crippen LogP contribution < -0.4 is 10.1 Å². The molecule has 0 bridgehead atoms. The van der Waals surface area contributed by atoms with Gasteiger partial charge in [-0.25, -0.2) is 4.79 Å². The lowest BCUT2D eigenvalue weighted by atomic mass is 10.1. The monoisotopic (exact) mass is 342 g/mol. The molecule has 0 aliphatic heterocycles. The van der Waals surface area contributed by atoms with Crippen LogP contribution in [0.3, 0.4) is 0 Å². The van der Waals surface area contributed by atoms with Gasteiger partial charge in [-0.15, -0.1) is 11.3 Å². The molecule has 2 aromatic heterocycles. The molecular formula is C18H18N2O3S. The molecule has 5 nitrogen and oxygen atoms in total. The van der Waals surface area contributed by atoms with Gasteiger partial charge in [0, 0.05) is 16.5 Å². The Kier molecular flexibility index (Phi) is 4.66. The Hall–Kier alpha value is -2.60. The number of thiophene rings is 1. The fourth-order valence-electron chi connectivity index (χ4n) is 2.51. The Morgan fingerprint density at radius 3 is 2.83 bits per heavy atom. The van der Waals surface area contributed by atoms with Gasteiger partial charge in [0.25, 0.3) is 0 Å². The van der Waals surface area contributed by atoms with Crippen molar-refractivity contribution in [2.24, 2.45) is 0 Å². The molecule has 24 heavy (non-hydrogen) atoms. The van der Waals surface area contributed by atoms with Crippen LogP contribution in [-0.2, 0) is 4.74 Å². The number of pyridine rings is 1. The molecule has 0 saturated heterocycles. The predicted octanol–water partition coefficient (Wildman–Crippen LogP) is 4.53. The molecule has 0 amide bonds. The van der Waals surface area contributed by atoms with Crippen LogP contribution in [0, 0.1) is 6.92 Å². The highest BCUT2D eigenvalue weighted by molar-refractivity contribution is 7.10. The summed E-state index contributed by atoms with van der Waals surface area (Å²) < 4.78 is 10.6. The van der Waals surface area contributed by atoms with Gasteiger partial charge >= 0.3 is 5.97 Å². The standard InChI is InChI=1S/C18H18N2O3S/c1-4-23-18(21)13-10-19-17-12(6-5-7-15(17)22-3)16(13)20-14-8-9-24-11(14)2/h5-10H,4H2,1-3H3,(H,19,20). The van der Waals surface area contributed by atoms with Gasteiger partial charge in [0.15, 0.2) is 0 Å².